The molecule has 0 radical (unpaired) electrons. The van der Waals surface area contributed by atoms with Crippen molar-refractivity contribution in [2.45, 2.75) is 13.0 Å². The molecular weight excluding hydrogens is 357 g/mol. The van der Waals surface area contributed by atoms with Gasteiger partial charge in [-0.15, -0.1) is 0 Å². The number of carbonyl (C=O) groups is 1. The Morgan fingerprint density at radius 2 is 1.88 bits per heavy atom. The summed E-state index contributed by atoms with van der Waals surface area (Å²) in [5, 5.41) is 5.50. The van der Waals surface area contributed by atoms with E-state index >= 15 is 0 Å². The quantitative estimate of drug-likeness (QED) is 0.740. The topological polar surface area (TPSA) is 50.4 Å². The van der Waals surface area contributed by atoms with Crippen molar-refractivity contribution in [1.82, 2.24) is 5.32 Å². The molecule has 2 N–H and O–H groups in total. The van der Waals surface area contributed by atoms with E-state index in [-0.39, 0.29) is 23.2 Å². The number of rotatable bonds is 8. The van der Waals surface area contributed by atoms with E-state index in [1.807, 2.05) is 0 Å². The van der Waals surface area contributed by atoms with Gasteiger partial charge in [-0.05, 0) is 42.3 Å². The van der Waals surface area contributed by atoms with Crippen molar-refractivity contribution in [1.29, 1.82) is 0 Å². The van der Waals surface area contributed by atoms with Gasteiger partial charge in [-0.1, -0.05) is 23.7 Å². The molecule has 2 aromatic rings. The lowest BCUT2D eigenvalue weighted by Gasteiger charge is -2.09. The zero-order valence-corrected chi connectivity index (χ0v) is 13.8. The Balaban J connectivity index is 1.70. The third-order valence-corrected chi connectivity index (χ3v) is 3.56. The van der Waals surface area contributed by atoms with E-state index in [4.69, 9.17) is 11.6 Å². The summed E-state index contributed by atoms with van der Waals surface area (Å²) < 4.78 is 41.6. The van der Waals surface area contributed by atoms with Crippen LogP contribution in [0, 0.1) is 5.82 Å². The highest BCUT2D eigenvalue weighted by Gasteiger charge is 2.05. The lowest BCUT2D eigenvalue weighted by atomic mass is 10.1. The summed E-state index contributed by atoms with van der Waals surface area (Å²) >= 11 is 5.58. The molecule has 25 heavy (non-hydrogen) atoms. The van der Waals surface area contributed by atoms with Crippen molar-refractivity contribution in [3.8, 4) is 5.75 Å². The van der Waals surface area contributed by atoms with Gasteiger partial charge in [0.2, 0.25) is 5.91 Å². The minimum atomic E-state index is -2.85. The molecule has 0 saturated heterocycles. The zero-order chi connectivity index (χ0) is 18.2. The van der Waals surface area contributed by atoms with Crippen LogP contribution in [0.2, 0.25) is 5.02 Å². The second-order valence-corrected chi connectivity index (χ2v) is 5.51. The van der Waals surface area contributed by atoms with Gasteiger partial charge in [-0.3, -0.25) is 4.79 Å². The molecule has 0 atom stereocenters. The van der Waals surface area contributed by atoms with Gasteiger partial charge in [0.15, 0.2) is 0 Å². The number of ether oxygens (including phenoxy) is 1. The Kier molecular flexibility index (Phi) is 6.94. The Hall–Kier alpha value is -2.41. The van der Waals surface area contributed by atoms with Crippen LogP contribution in [0.15, 0.2) is 42.5 Å². The van der Waals surface area contributed by atoms with Crippen molar-refractivity contribution >= 4 is 23.2 Å². The average Bonchev–Trinajstić information content (AvgIpc) is 2.57. The summed E-state index contributed by atoms with van der Waals surface area (Å²) in [6.07, 6.45) is 0.538. The fraction of sp³-hybridized carbons (Fsp3) is 0.235. The third-order valence-electron chi connectivity index (χ3n) is 3.26. The number of hydrogen-bond acceptors (Lipinski definition) is 3. The van der Waals surface area contributed by atoms with Crippen LogP contribution < -0.4 is 15.4 Å². The number of carbonyl (C=O) groups excluding carboxylic acids is 1. The summed E-state index contributed by atoms with van der Waals surface area (Å²) in [4.78, 5) is 11.7. The first-order valence-electron chi connectivity index (χ1n) is 7.43. The Labute approximate surface area is 147 Å². The molecule has 134 valence electrons. The zero-order valence-electron chi connectivity index (χ0n) is 13.1. The lowest BCUT2D eigenvalue weighted by Crippen LogP contribution is -2.31. The molecule has 0 fully saturated rings. The molecule has 1 amide bonds. The summed E-state index contributed by atoms with van der Waals surface area (Å²) in [5.74, 6) is -0.735. The molecule has 0 saturated carbocycles. The van der Waals surface area contributed by atoms with Gasteiger partial charge in [0.05, 0.1) is 11.6 Å². The maximum atomic E-state index is 13.3. The fourth-order valence-corrected chi connectivity index (χ4v) is 2.15. The number of alkyl halides is 2. The summed E-state index contributed by atoms with van der Waals surface area (Å²) in [7, 11) is 0. The molecule has 0 bridgehead atoms. The second kappa shape index (κ2) is 9.17. The highest BCUT2D eigenvalue weighted by Crippen LogP contribution is 2.18. The molecule has 0 heterocycles. The van der Waals surface area contributed by atoms with E-state index in [1.54, 1.807) is 18.2 Å². The van der Waals surface area contributed by atoms with Crippen LogP contribution in [0.1, 0.15) is 5.56 Å². The van der Waals surface area contributed by atoms with Crippen LogP contribution in [0.25, 0.3) is 0 Å². The molecule has 0 unspecified atom stereocenters. The minimum absolute atomic E-state index is 0.0117. The van der Waals surface area contributed by atoms with Gasteiger partial charge in [0.1, 0.15) is 11.6 Å². The standard InChI is InChI=1S/C17H16ClF3N2O2/c18-14-6-3-12(9-15(14)19)23-10-16(24)22-8-7-11-1-4-13(5-2-11)25-17(20)21/h1-6,9,17,23H,7-8,10H2,(H,22,24). The largest absolute Gasteiger partial charge is 0.435 e. The van der Waals surface area contributed by atoms with Crippen LogP contribution in [0.5, 0.6) is 5.75 Å². The van der Waals surface area contributed by atoms with Gasteiger partial charge in [0.25, 0.3) is 0 Å². The van der Waals surface area contributed by atoms with E-state index in [2.05, 4.69) is 15.4 Å². The number of hydrogen-bond donors (Lipinski definition) is 2. The summed E-state index contributed by atoms with van der Waals surface area (Å²) in [6.45, 7) is -2.49. The SMILES string of the molecule is O=C(CNc1ccc(Cl)c(F)c1)NCCc1ccc(OC(F)F)cc1. The van der Waals surface area contributed by atoms with E-state index < -0.39 is 12.4 Å². The van der Waals surface area contributed by atoms with Gasteiger partial charge in [-0.25, -0.2) is 4.39 Å². The minimum Gasteiger partial charge on any atom is -0.435 e. The molecule has 0 spiro atoms. The lowest BCUT2D eigenvalue weighted by molar-refractivity contribution is -0.119. The average molecular weight is 373 g/mol. The first kappa shape index (κ1) is 18.9. The molecule has 0 aromatic heterocycles. The maximum absolute atomic E-state index is 13.3. The molecule has 4 nitrogen and oxygen atoms in total. The highest BCUT2D eigenvalue weighted by molar-refractivity contribution is 6.30. The Morgan fingerprint density at radius 1 is 1.16 bits per heavy atom. The normalized spacial score (nSPS) is 10.6. The van der Waals surface area contributed by atoms with Gasteiger partial charge in [0, 0.05) is 12.2 Å². The van der Waals surface area contributed by atoms with Gasteiger partial charge >= 0.3 is 6.61 Å². The number of anilines is 1. The fourth-order valence-electron chi connectivity index (χ4n) is 2.03. The number of benzene rings is 2. The number of halogens is 4. The molecule has 2 rings (SSSR count). The number of amides is 1. The second-order valence-electron chi connectivity index (χ2n) is 5.10. The Bertz CT molecular complexity index is 712. The molecule has 8 heteroatoms. The van der Waals surface area contributed by atoms with Crippen molar-refractivity contribution < 1.29 is 22.7 Å². The summed E-state index contributed by atoms with van der Waals surface area (Å²) in [6, 6.07) is 10.4. The van der Waals surface area contributed by atoms with E-state index in [1.165, 1.54) is 24.3 Å². The van der Waals surface area contributed by atoms with Crippen molar-refractivity contribution in [2.24, 2.45) is 0 Å². The van der Waals surface area contributed by atoms with Crippen LogP contribution in [-0.4, -0.2) is 25.6 Å². The molecule has 0 aliphatic carbocycles. The smallest absolute Gasteiger partial charge is 0.387 e. The van der Waals surface area contributed by atoms with Crippen molar-refractivity contribution in [3.05, 3.63) is 58.9 Å². The third kappa shape index (κ3) is 6.54. The van der Waals surface area contributed by atoms with Crippen LogP contribution >= 0.6 is 11.6 Å². The Morgan fingerprint density at radius 3 is 2.52 bits per heavy atom. The number of nitrogens with one attached hydrogen (secondary N) is 2. The van der Waals surface area contributed by atoms with E-state index in [9.17, 15) is 18.0 Å². The molecule has 2 aromatic carbocycles. The molecular formula is C17H16ClF3N2O2. The van der Waals surface area contributed by atoms with Crippen LogP contribution in [0.3, 0.4) is 0 Å². The van der Waals surface area contributed by atoms with Crippen LogP contribution in [0.4, 0.5) is 18.9 Å². The maximum Gasteiger partial charge on any atom is 0.387 e. The highest BCUT2D eigenvalue weighted by atomic mass is 35.5. The van der Waals surface area contributed by atoms with E-state index in [0.717, 1.165) is 5.56 Å². The van der Waals surface area contributed by atoms with Crippen molar-refractivity contribution in [2.75, 3.05) is 18.4 Å². The summed E-state index contributed by atoms with van der Waals surface area (Å²) in [5.41, 5.74) is 1.32. The monoisotopic (exact) mass is 372 g/mol. The van der Waals surface area contributed by atoms with Crippen molar-refractivity contribution in [3.63, 3.8) is 0 Å². The predicted molar refractivity (Wildman–Crippen MR) is 89.7 cm³/mol. The van der Waals surface area contributed by atoms with E-state index in [0.29, 0.717) is 18.7 Å². The van der Waals surface area contributed by atoms with Gasteiger partial charge < -0.3 is 15.4 Å². The van der Waals surface area contributed by atoms with Crippen LogP contribution in [-0.2, 0) is 11.2 Å². The first-order valence-corrected chi connectivity index (χ1v) is 7.81. The molecule has 0 aliphatic rings. The van der Waals surface area contributed by atoms with Gasteiger partial charge in [-0.2, -0.15) is 8.78 Å². The molecule has 0 aliphatic heterocycles. The predicted octanol–water partition coefficient (Wildman–Crippen LogP) is 3.85. The first-order chi connectivity index (χ1) is 11.9.